The number of anilines is 2. The zero-order valence-corrected chi connectivity index (χ0v) is 27.4. The van der Waals surface area contributed by atoms with E-state index in [1.165, 1.54) is 16.6 Å². The molecule has 0 atom stereocenters. The third kappa shape index (κ3) is 4.95. The summed E-state index contributed by atoms with van der Waals surface area (Å²) in [5, 5.41) is 20.7. The van der Waals surface area contributed by atoms with Gasteiger partial charge in [-0.25, -0.2) is 8.78 Å². The number of hydrogen-bond donors (Lipinski definition) is 2. The highest BCUT2D eigenvalue weighted by Gasteiger charge is 2.24. The predicted octanol–water partition coefficient (Wildman–Crippen LogP) is 3.29. The van der Waals surface area contributed by atoms with Gasteiger partial charge in [-0.15, -0.1) is 10.2 Å². The molecule has 0 radical (unpaired) electrons. The monoisotopic (exact) mass is 672 g/mol. The topological polar surface area (TPSA) is 118 Å². The number of pyridine rings is 2. The van der Waals surface area contributed by atoms with Crippen molar-refractivity contribution in [3.63, 3.8) is 0 Å². The lowest BCUT2D eigenvalue weighted by Gasteiger charge is -2.30. The van der Waals surface area contributed by atoms with Crippen molar-refractivity contribution in [1.29, 1.82) is 0 Å². The van der Waals surface area contributed by atoms with Crippen molar-refractivity contribution in [2.45, 2.75) is 26.9 Å². The molecular weight excluding hydrogens is 638 g/mol. The highest BCUT2D eigenvalue weighted by molar-refractivity contribution is 7.19. The number of benzene rings is 2. The first kappa shape index (κ1) is 30.6. The quantitative estimate of drug-likeness (QED) is 0.275. The van der Waals surface area contributed by atoms with Gasteiger partial charge in [0.1, 0.15) is 11.6 Å². The zero-order valence-electron chi connectivity index (χ0n) is 26.6. The number of nitrogens with zero attached hydrogens (tertiary/aromatic N) is 8. The third-order valence-electron chi connectivity index (χ3n) is 9.36. The minimum atomic E-state index is -0.455. The second-order valence-corrected chi connectivity index (χ2v) is 13.0. The molecule has 8 rings (SSSR count). The molecule has 0 amide bonds. The van der Waals surface area contributed by atoms with E-state index in [-0.39, 0.29) is 33.0 Å². The fraction of sp³-hybridized carbons (Fsp3) is 0.364. The number of fused-ring (bicyclic) bond motifs is 3. The second kappa shape index (κ2) is 12.1. The zero-order chi connectivity index (χ0) is 33.1. The second-order valence-electron chi connectivity index (χ2n) is 12.1. The molecule has 0 saturated carbocycles. The van der Waals surface area contributed by atoms with Gasteiger partial charge in [0.25, 0.3) is 0 Å². The average molecular weight is 673 g/mol. The van der Waals surface area contributed by atoms with E-state index in [2.05, 4.69) is 20.8 Å². The van der Waals surface area contributed by atoms with Crippen LogP contribution in [0, 0.1) is 11.6 Å². The fourth-order valence-corrected chi connectivity index (χ4v) is 7.67. The van der Waals surface area contributed by atoms with E-state index in [0.717, 1.165) is 37.5 Å². The molecule has 6 heterocycles. The summed E-state index contributed by atoms with van der Waals surface area (Å²) in [5.41, 5.74) is 2.01. The Bertz CT molecular complexity index is 2330. The lowest BCUT2D eigenvalue weighted by atomic mass is 10.1. The molecule has 48 heavy (non-hydrogen) atoms. The number of aryl methyl sites for hydroxylation is 2. The van der Waals surface area contributed by atoms with Crippen LogP contribution >= 0.6 is 11.3 Å². The van der Waals surface area contributed by atoms with Gasteiger partial charge < -0.3 is 29.6 Å². The SMILES string of the molecule is CCn1cc(-c2nn3c(-c4cn(CC)c5cc(N6CCNCC6)c(F)cc5c4=O)nnc3s2)c(=O)c2cc(F)c(N3CCNCC3)cc21. The van der Waals surface area contributed by atoms with Gasteiger partial charge in [0.2, 0.25) is 10.4 Å². The van der Waals surface area contributed by atoms with Crippen LogP contribution in [0.3, 0.4) is 0 Å². The van der Waals surface area contributed by atoms with Crippen LogP contribution in [0.5, 0.6) is 0 Å². The summed E-state index contributed by atoms with van der Waals surface area (Å²) in [5.74, 6) is -0.707. The fourth-order valence-electron chi connectivity index (χ4n) is 6.82. The number of halogens is 2. The third-order valence-corrected chi connectivity index (χ3v) is 10.3. The Balaban J connectivity index is 1.23. The first-order valence-electron chi connectivity index (χ1n) is 16.2. The lowest BCUT2D eigenvalue weighted by Crippen LogP contribution is -2.43. The molecule has 6 aromatic rings. The number of hydrogen-bond acceptors (Lipinski definition) is 10. The number of rotatable bonds is 6. The van der Waals surface area contributed by atoms with Gasteiger partial charge in [-0.2, -0.15) is 9.61 Å². The van der Waals surface area contributed by atoms with Crippen LogP contribution in [-0.2, 0) is 13.1 Å². The maximum absolute atomic E-state index is 15.5. The molecule has 2 aliphatic rings. The van der Waals surface area contributed by atoms with E-state index in [9.17, 15) is 9.59 Å². The molecule has 2 aromatic carbocycles. The molecule has 2 aliphatic heterocycles. The minimum absolute atomic E-state index is 0.191. The first-order chi connectivity index (χ1) is 23.4. The van der Waals surface area contributed by atoms with Crippen molar-refractivity contribution in [2.24, 2.45) is 0 Å². The van der Waals surface area contributed by atoms with Crippen LogP contribution in [0.4, 0.5) is 20.2 Å². The lowest BCUT2D eigenvalue weighted by molar-refractivity contribution is 0.566. The van der Waals surface area contributed by atoms with Crippen LogP contribution in [0.25, 0.3) is 48.7 Å². The van der Waals surface area contributed by atoms with E-state index in [4.69, 9.17) is 5.10 Å². The molecule has 0 aliphatic carbocycles. The highest BCUT2D eigenvalue weighted by Crippen LogP contribution is 2.31. The Morgan fingerprint density at radius 1 is 0.729 bits per heavy atom. The first-order valence-corrected chi connectivity index (χ1v) is 17.1. The molecule has 0 unspecified atom stereocenters. The summed E-state index contributed by atoms with van der Waals surface area (Å²) in [6.45, 7) is 10.8. The van der Waals surface area contributed by atoms with Crippen molar-refractivity contribution in [2.75, 3.05) is 62.2 Å². The Kier molecular flexibility index (Phi) is 7.69. The van der Waals surface area contributed by atoms with E-state index in [1.54, 1.807) is 24.5 Å². The molecule has 248 valence electrons. The van der Waals surface area contributed by atoms with Crippen molar-refractivity contribution >= 4 is 49.5 Å². The van der Waals surface area contributed by atoms with E-state index < -0.39 is 11.6 Å². The predicted molar refractivity (Wildman–Crippen MR) is 184 cm³/mol. The molecule has 4 aromatic heterocycles. The Labute approximate surface area is 277 Å². The van der Waals surface area contributed by atoms with Crippen molar-refractivity contribution in [3.8, 4) is 22.0 Å². The summed E-state index contributed by atoms with van der Waals surface area (Å²) in [6.07, 6.45) is 3.45. The van der Waals surface area contributed by atoms with E-state index in [0.29, 0.717) is 77.2 Å². The van der Waals surface area contributed by atoms with Gasteiger partial charge >= 0.3 is 0 Å². The Morgan fingerprint density at radius 2 is 1.23 bits per heavy atom. The Hall–Kier alpha value is -4.73. The molecule has 12 nitrogen and oxygen atoms in total. The summed E-state index contributed by atoms with van der Waals surface area (Å²) >= 11 is 1.15. The van der Waals surface area contributed by atoms with Gasteiger partial charge in [-0.3, -0.25) is 9.59 Å². The highest BCUT2D eigenvalue weighted by atomic mass is 32.1. The largest absolute Gasteiger partial charge is 0.367 e. The van der Waals surface area contributed by atoms with Crippen LogP contribution in [0.2, 0.25) is 0 Å². The number of aromatic nitrogens is 6. The maximum atomic E-state index is 15.5. The summed E-state index contributed by atoms with van der Waals surface area (Å²) in [4.78, 5) is 32.1. The standard InChI is InChI=1S/C33H34F2N10O2S/c1-3-41-17-21(29(46)19-13-23(34)27(15-25(19)41)43-9-5-36-6-10-43)31-38-39-33-45(31)40-32(48-33)22-18-42(4-2)26-16-28(44-11-7-37-8-12-44)24(35)14-20(26)30(22)47/h13-18,36-37H,3-12H2,1-2H3. The van der Waals surface area contributed by atoms with Crippen LogP contribution in [-0.4, -0.2) is 81.3 Å². The average Bonchev–Trinajstić information content (AvgIpc) is 3.71. The van der Waals surface area contributed by atoms with E-state index in [1.807, 2.05) is 32.8 Å². The molecule has 2 fully saturated rings. The van der Waals surface area contributed by atoms with Gasteiger partial charge in [-0.1, -0.05) is 11.3 Å². The minimum Gasteiger partial charge on any atom is -0.367 e. The van der Waals surface area contributed by atoms with Crippen molar-refractivity contribution in [1.82, 2.24) is 39.6 Å². The van der Waals surface area contributed by atoms with E-state index >= 15 is 8.78 Å². The molecule has 0 spiro atoms. The van der Waals surface area contributed by atoms with Crippen LogP contribution in [0.1, 0.15) is 13.8 Å². The summed E-state index contributed by atoms with van der Waals surface area (Å²) in [6, 6.07) is 6.14. The van der Waals surface area contributed by atoms with Gasteiger partial charge in [-0.05, 0) is 38.1 Å². The van der Waals surface area contributed by atoms with Gasteiger partial charge in [0.05, 0.1) is 33.5 Å². The van der Waals surface area contributed by atoms with Crippen LogP contribution < -0.4 is 31.3 Å². The summed E-state index contributed by atoms with van der Waals surface area (Å²) < 4.78 is 36.2. The molecular formula is C33H34F2N10O2S. The molecule has 2 N–H and O–H groups in total. The maximum Gasteiger partial charge on any atom is 0.235 e. The van der Waals surface area contributed by atoms with Gasteiger partial charge in [0, 0.05) is 88.6 Å². The Morgan fingerprint density at radius 3 is 1.75 bits per heavy atom. The summed E-state index contributed by atoms with van der Waals surface area (Å²) in [7, 11) is 0. The normalized spacial score (nSPS) is 15.8. The van der Waals surface area contributed by atoms with Crippen LogP contribution in [0.15, 0.2) is 46.2 Å². The van der Waals surface area contributed by atoms with Gasteiger partial charge in [0.15, 0.2) is 16.3 Å². The molecule has 15 heteroatoms. The molecule has 2 saturated heterocycles. The number of nitrogens with one attached hydrogen (secondary N) is 2. The molecule has 0 bridgehead atoms. The van der Waals surface area contributed by atoms with Crippen molar-refractivity contribution in [3.05, 3.63) is 68.7 Å². The number of piperazine rings is 2. The van der Waals surface area contributed by atoms with Crippen molar-refractivity contribution < 1.29 is 8.78 Å². The smallest absolute Gasteiger partial charge is 0.235 e.